The van der Waals surface area contributed by atoms with Gasteiger partial charge in [0.15, 0.2) is 0 Å². The molecule has 3 nitrogen and oxygen atoms in total. The zero-order valence-corrected chi connectivity index (χ0v) is 24.3. The maximum atomic E-state index is 6.24. The van der Waals surface area contributed by atoms with Crippen LogP contribution < -0.4 is 0 Å². The van der Waals surface area contributed by atoms with Crippen molar-refractivity contribution in [2.24, 2.45) is 0 Å². The van der Waals surface area contributed by atoms with Crippen LogP contribution >= 0.6 is 0 Å². The first-order chi connectivity index (χ1) is 22.3. The number of para-hydroxylation sites is 4. The average Bonchev–Trinajstić information content (AvgIpc) is 3.76. The van der Waals surface area contributed by atoms with Crippen LogP contribution in [0.15, 0.2) is 162 Å². The number of hydrogen-bond donors (Lipinski definition) is 0. The maximum Gasteiger partial charge on any atom is 0.136 e. The Morgan fingerprint density at radius 1 is 0.378 bits per heavy atom. The Bertz CT molecular complexity index is 2760. The summed E-state index contributed by atoms with van der Waals surface area (Å²) < 4.78 is 11.1. The predicted molar refractivity (Wildman–Crippen MR) is 188 cm³/mol. The number of rotatable bonds is 3. The highest BCUT2D eigenvalue weighted by Crippen LogP contribution is 2.43. The average molecular weight is 575 g/mol. The number of fused-ring (bicyclic) bond motifs is 10. The molecule has 0 saturated carbocycles. The standard InChI is InChI=1S/C42H26N2O/c1-2-13-28(14-3-1)44-35-20-7-4-16-31(35)32-24-25-37-41(42(32)44)33-17-5-8-21-36(33)43(37)29-15-10-12-27(26-29)30-19-11-23-39-40(30)34-18-6-9-22-38(34)45-39/h1-26H. The summed E-state index contributed by atoms with van der Waals surface area (Å²) >= 11 is 0. The van der Waals surface area contributed by atoms with E-state index in [0.29, 0.717) is 0 Å². The lowest BCUT2D eigenvalue weighted by Crippen LogP contribution is -1.95. The van der Waals surface area contributed by atoms with Gasteiger partial charge < -0.3 is 13.6 Å². The zero-order valence-electron chi connectivity index (χ0n) is 24.3. The highest BCUT2D eigenvalue weighted by atomic mass is 16.3. The van der Waals surface area contributed by atoms with Crippen LogP contribution in [0.1, 0.15) is 0 Å². The van der Waals surface area contributed by atoms with Gasteiger partial charge in [-0.05, 0) is 65.7 Å². The van der Waals surface area contributed by atoms with Crippen molar-refractivity contribution in [1.29, 1.82) is 0 Å². The van der Waals surface area contributed by atoms with Gasteiger partial charge in [0.25, 0.3) is 0 Å². The Labute approximate surface area is 258 Å². The van der Waals surface area contributed by atoms with Gasteiger partial charge in [0.05, 0.1) is 22.1 Å². The molecular weight excluding hydrogens is 548 g/mol. The second-order valence-corrected chi connectivity index (χ2v) is 11.7. The molecule has 0 unspecified atom stereocenters. The predicted octanol–water partition coefficient (Wildman–Crippen LogP) is 11.4. The lowest BCUT2D eigenvalue weighted by atomic mass is 9.99. The Hall–Kier alpha value is -6.06. The molecule has 0 aliphatic heterocycles. The van der Waals surface area contributed by atoms with E-state index in [9.17, 15) is 0 Å². The fourth-order valence-corrected chi connectivity index (χ4v) is 7.46. The molecule has 0 amide bonds. The van der Waals surface area contributed by atoms with Gasteiger partial charge in [-0.15, -0.1) is 0 Å². The van der Waals surface area contributed by atoms with Gasteiger partial charge in [-0.25, -0.2) is 0 Å². The lowest BCUT2D eigenvalue weighted by Gasteiger charge is -2.12. The molecule has 0 atom stereocenters. The van der Waals surface area contributed by atoms with E-state index in [1.165, 1.54) is 49.2 Å². The minimum atomic E-state index is 0.909. The molecule has 0 fully saturated rings. The second kappa shape index (κ2) is 9.22. The van der Waals surface area contributed by atoms with Crippen molar-refractivity contribution in [2.45, 2.75) is 0 Å². The number of hydrogen-bond acceptors (Lipinski definition) is 1. The Morgan fingerprint density at radius 2 is 1.04 bits per heavy atom. The third kappa shape index (κ3) is 3.41. The molecule has 7 aromatic carbocycles. The van der Waals surface area contributed by atoms with Crippen molar-refractivity contribution < 1.29 is 4.42 Å². The molecule has 0 aliphatic rings. The molecule has 3 heterocycles. The molecule has 3 heteroatoms. The Morgan fingerprint density at radius 3 is 1.91 bits per heavy atom. The Balaban J connectivity index is 1.30. The summed E-state index contributed by atoms with van der Waals surface area (Å²) in [6, 6.07) is 56.5. The van der Waals surface area contributed by atoms with E-state index in [4.69, 9.17) is 4.42 Å². The molecular formula is C42H26N2O. The molecule has 0 aliphatic carbocycles. The van der Waals surface area contributed by atoms with Crippen LogP contribution in [0.5, 0.6) is 0 Å². The lowest BCUT2D eigenvalue weighted by molar-refractivity contribution is 0.669. The first-order valence-electron chi connectivity index (χ1n) is 15.4. The number of furan rings is 1. The molecule has 45 heavy (non-hydrogen) atoms. The van der Waals surface area contributed by atoms with E-state index in [2.05, 4.69) is 155 Å². The normalized spacial score (nSPS) is 12.0. The topological polar surface area (TPSA) is 23.0 Å². The largest absolute Gasteiger partial charge is 0.456 e. The highest BCUT2D eigenvalue weighted by molar-refractivity contribution is 6.26. The van der Waals surface area contributed by atoms with Crippen LogP contribution in [-0.4, -0.2) is 9.13 Å². The van der Waals surface area contributed by atoms with E-state index in [0.717, 1.165) is 38.9 Å². The SMILES string of the molecule is c1ccc(-n2c3ccccc3c3ccc4c(c5ccccc5n4-c4cccc(-c5cccc6oc7ccccc7c56)c4)c32)cc1. The summed E-state index contributed by atoms with van der Waals surface area (Å²) in [6.07, 6.45) is 0. The summed E-state index contributed by atoms with van der Waals surface area (Å²) in [5.74, 6) is 0. The molecule has 3 aromatic heterocycles. The molecule has 0 N–H and O–H groups in total. The van der Waals surface area contributed by atoms with E-state index in [1.807, 2.05) is 12.1 Å². The van der Waals surface area contributed by atoms with E-state index in [1.54, 1.807) is 0 Å². The van der Waals surface area contributed by atoms with Gasteiger partial charge in [0, 0.05) is 43.7 Å². The second-order valence-electron chi connectivity index (χ2n) is 11.7. The van der Waals surface area contributed by atoms with Crippen molar-refractivity contribution in [3.8, 4) is 22.5 Å². The third-order valence-electron chi connectivity index (χ3n) is 9.30. The van der Waals surface area contributed by atoms with Crippen molar-refractivity contribution >= 4 is 65.6 Å². The minimum Gasteiger partial charge on any atom is -0.456 e. The molecule has 0 bridgehead atoms. The maximum absolute atomic E-state index is 6.24. The van der Waals surface area contributed by atoms with Gasteiger partial charge in [0.2, 0.25) is 0 Å². The molecule has 10 rings (SSSR count). The van der Waals surface area contributed by atoms with Crippen LogP contribution in [0, 0.1) is 0 Å². The van der Waals surface area contributed by atoms with Crippen LogP contribution in [0.2, 0.25) is 0 Å². The summed E-state index contributed by atoms with van der Waals surface area (Å²) in [7, 11) is 0. The first kappa shape index (κ1) is 24.4. The molecule has 0 saturated heterocycles. The van der Waals surface area contributed by atoms with Crippen molar-refractivity contribution in [1.82, 2.24) is 9.13 Å². The minimum absolute atomic E-state index is 0.909. The summed E-state index contributed by atoms with van der Waals surface area (Å²) in [6.45, 7) is 0. The molecule has 10 aromatic rings. The van der Waals surface area contributed by atoms with Gasteiger partial charge in [0.1, 0.15) is 11.2 Å². The molecule has 0 spiro atoms. The van der Waals surface area contributed by atoms with Gasteiger partial charge in [-0.3, -0.25) is 0 Å². The Kier molecular flexibility index (Phi) is 5.00. The molecule has 210 valence electrons. The van der Waals surface area contributed by atoms with E-state index < -0.39 is 0 Å². The van der Waals surface area contributed by atoms with Gasteiger partial charge in [-0.2, -0.15) is 0 Å². The van der Waals surface area contributed by atoms with E-state index in [-0.39, 0.29) is 0 Å². The quantitative estimate of drug-likeness (QED) is 0.206. The zero-order chi connectivity index (χ0) is 29.5. The van der Waals surface area contributed by atoms with Gasteiger partial charge >= 0.3 is 0 Å². The van der Waals surface area contributed by atoms with Crippen LogP contribution in [0.25, 0.3) is 88.1 Å². The smallest absolute Gasteiger partial charge is 0.136 e. The van der Waals surface area contributed by atoms with Gasteiger partial charge in [-0.1, -0.05) is 103 Å². The van der Waals surface area contributed by atoms with Crippen LogP contribution in [0.3, 0.4) is 0 Å². The summed E-state index contributed by atoms with van der Waals surface area (Å²) in [4.78, 5) is 0. The summed E-state index contributed by atoms with van der Waals surface area (Å²) in [5.41, 5.74) is 11.3. The third-order valence-corrected chi connectivity index (χ3v) is 9.30. The summed E-state index contributed by atoms with van der Waals surface area (Å²) in [5, 5.41) is 7.32. The van der Waals surface area contributed by atoms with Crippen LogP contribution in [0.4, 0.5) is 0 Å². The van der Waals surface area contributed by atoms with Crippen molar-refractivity contribution in [2.75, 3.05) is 0 Å². The first-order valence-corrected chi connectivity index (χ1v) is 15.4. The number of nitrogens with zero attached hydrogens (tertiary/aromatic N) is 2. The highest BCUT2D eigenvalue weighted by Gasteiger charge is 2.21. The van der Waals surface area contributed by atoms with Crippen LogP contribution in [-0.2, 0) is 0 Å². The number of benzene rings is 7. The fraction of sp³-hybridized carbons (Fsp3) is 0. The van der Waals surface area contributed by atoms with Crippen molar-refractivity contribution in [3.05, 3.63) is 158 Å². The number of aromatic nitrogens is 2. The van der Waals surface area contributed by atoms with Crippen molar-refractivity contribution in [3.63, 3.8) is 0 Å². The molecule has 0 radical (unpaired) electrons. The monoisotopic (exact) mass is 574 g/mol. The fourth-order valence-electron chi connectivity index (χ4n) is 7.46. The van der Waals surface area contributed by atoms with E-state index >= 15 is 0 Å².